The van der Waals surface area contributed by atoms with Gasteiger partial charge in [0.05, 0.1) is 11.6 Å². The second-order valence-electron chi connectivity index (χ2n) is 10.0. The minimum absolute atomic E-state index is 0.0201. The predicted molar refractivity (Wildman–Crippen MR) is 148 cm³/mol. The topological polar surface area (TPSA) is 36.7 Å². The monoisotopic (exact) mass is 468 g/mol. The van der Waals surface area contributed by atoms with E-state index < -0.39 is 0 Å². The summed E-state index contributed by atoms with van der Waals surface area (Å²) in [5, 5.41) is 0.625. The van der Waals surface area contributed by atoms with Gasteiger partial charge in [-0.2, -0.15) is 0 Å². The molecule has 0 unspecified atom stereocenters. The zero-order valence-electron chi connectivity index (χ0n) is 21.9. The third-order valence-electron chi connectivity index (χ3n) is 7.08. The van der Waals surface area contributed by atoms with Crippen LogP contribution in [0, 0.1) is 6.92 Å². The summed E-state index contributed by atoms with van der Waals surface area (Å²) < 4.78 is 5.97. The number of nitrogens with zero attached hydrogens (tertiary/aromatic N) is 2. The molecule has 0 N–H and O–H groups in total. The van der Waals surface area contributed by atoms with Crippen LogP contribution in [0.3, 0.4) is 0 Å². The van der Waals surface area contributed by atoms with Crippen molar-refractivity contribution in [2.24, 2.45) is 0 Å². The quantitative estimate of drug-likeness (QED) is 0.293. The summed E-state index contributed by atoms with van der Waals surface area (Å²) in [6, 6.07) is 23.6. The Labute approximate surface area is 208 Å². The first-order valence-corrected chi connectivity index (χ1v) is 12.3. The average molecular weight is 469 g/mol. The molecule has 0 spiro atoms. The van der Waals surface area contributed by atoms with Gasteiger partial charge in [-0.15, -0.1) is 0 Å². The van der Waals surface area contributed by atoms with Gasteiger partial charge in [-0.25, -0.2) is 0 Å². The Hall–Kier alpha value is -3.53. The lowest BCUT2D eigenvalue weighted by atomic mass is 9.85. The fourth-order valence-corrected chi connectivity index (χ4v) is 4.41. The van der Waals surface area contributed by atoms with Crippen molar-refractivity contribution < 1.29 is 4.42 Å². The standard InChI is InChI=1S/C31H36N2O2/c1-20(2)32(6)25-13-9-23(10-14-25)30(24-11-15-26(16-12-24)33(7)21(3)4)28-19-35-29-17-8-22(5)18-27(29)31(28)34/h8-21,30H,1-7H3. The van der Waals surface area contributed by atoms with E-state index in [-0.39, 0.29) is 11.3 Å². The molecule has 0 fully saturated rings. The maximum absolute atomic E-state index is 13.7. The van der Waals surface area contributed by atoms with Gasteiger partial charge >= 0.3 is 0 Å². The molecule has 0 saturated heterocycles. The summed E-state index contributed by atoms with van der Waals surface area (Å²) >= 11 is 0. The number of fused-ring (bicyclic) bond motifs is 1. The van der Waals surface area contributed by atoms with Gasteiger partial charge in [0.2, 0.25) is 0 Å². The maximum Gasteiger partial charge on any atom is 0.196 e. The van der Waals surface area contributed by atoms with Crippen LogP contribution in [0.2, 0.25) is 0 Å². The molecular formula is C31H36N2O2. The molecule has 3 aromatic carbocycles. The smallest absolute Gasteiger partial charge is 0.196 e. The van der Waals surface area contributed by atoms with Crippen molar-refractivity contribution in [3.8, 4) is 0 Å². The van der Waals surface area contributed by atoms with Crippen LogP contribution in [0.5, 0.6) is 0 Å². The molecule has 0 aliphatic heterocycles. The van der Waals surface area contributed by atoms with Crippen LogP contribution in [0.4, 0.5) is 11.4 Å². The number of hydrogen-bond acceptors (Lipinski definition) is 4. The summed E-state index contributed by atoms with van der Waals surface area (Å²) in [6.45, 7) is 10.7. The first-order valence-electron chi connectivity index (χ1n) is 12.3. The van der Waals surface area contributed by atoms with E-state index in [2.05, 4.69) is 100 Å². The minimum Gasteiger partial charge on any atom is -0.464 e. The number of benzene rings is 3. The van der Waals surface area contributed by atoms with Gasteiger partial charge in [-0.3, -0.25) is 4.79 Å². The highest BCUT2D eigenvalue weighted by Crippen LogP contribution is 2.34. The molecule has 1 heterocycles. The Balaban J connectivity index is 1.86. The molecule has 0 bridgehead atoms. The Bertz CT molecular complexity index is 1290. The molecule has 182 valence electrons. The summed E-state index contributed by atoms with van der Waals surface area (Å²) in [7, 11) is 4.20. The molecule has 1 aromatic heterocycles. The number of hydrogen-bond donors (Lipinski definition) is 0. The van der Waals surface area contributed by atoms with E-state index in [9.17, 15) is 4.79 Å². The van der Waals surface area contributed by atoms with Crippen molar-refractivity contribution >= 4 is 22.3 Å². The molecule has 0 aliphatic carbocycles. The van der Waals surface area contributed by atoms with Gasteiger partial charge in [0.1, 0.15) is 5.58 Å². The van der Waals surface area contributed by atoms with Gasteiger partial charge in [-0.05, 0) is 82.1 Å². The SMILES string of the molecule is Cc1ccc2occ(C(c3ccc(N(C)C(C)C)cc3)c3ccc(N(C)C(C)C)cc3)c(=O)c2c1. The number of anilines is 2. The van der Waals surface area contributed by atoms with Crippen LogP contribution < -0.4 is 15.2 Å². The summed E-state index contributed by atoms with van der Waals surface area (Å²) in [5.74, 6) is -0.229. The fraction of sp³-hybridized carbons (Fsp3) is 0.323. The van der Waals surface area contributed by atoms with Crippen LogP contribution in [-0.4, -0.2) is 26.2 Å². The Kier molecular flexibility index (Phi) is 7.02. The molecule has 4 rings (SSSR count). The van der Waals surface area contributed by atoms with E-state index in [1.807, 2.05) is 25.1 Å². The lowest BCUT2D eigenvalue weighted by Crippen LogP contribution is -2.25. The number of aryl methyl sites for hydroxylation is 1. The van der Waals surface area contributed by atoms with Crippen LogP contribution >= 0.6 is 0 Å². The van der Waals surface area contributed by atoms with Crippen molar-refractivity contribution in [1.82, 2.24) is 0 Å². The van der Waals surface area contributed by atoms with Crippen molar-refractivity contribution in [1.29, 1.82) is 0 Å². The first-order chi connectivity index (χ1) is 16.7. The fourth-order valence-electron chi connectivity index (χ4n) is 4.41. The summed E-state index contributed by atoms with van der Waals surface area (Å²) in [4.78, 5) is 18.2. The maximum atomic E-state index is 13.7. The van der Waals surface area contributed by atoms with Crippen molar-refractivity contribution in [3.05, 3.63) is 105 Å². The highest BCUT2D eigenvalue weighted by Gasteiger charge is 2.23. The van der Waals surface area contributed by atoms with E-state index in [1.54, 1.807) is 6.26 Å². The Morgan fingerprint density at radius 1 is 0.714 bits per heavy atom. The second-order valence-corrected chi connectivity index (χ2v) is 10.0. The normalized spacial score (nSPS) is 11.6. The van der Waals surface area contributed by atoms with Gasteiger partial charge < -0.3 is 14.2 Å². The zero-order valence-corrected chi connectivity index (χ0v) is 21.9. The van der Waals surface area contributed by atoms with Crippen LogP contribution in [0.15, 0.2) is 82.2 Å². The van der Waals surface area contributed by atoms with E-state index in [1.165, 1.54) is 0 Å². The first kappa shape index (κ1) is 24.6. The third kappa shape index (κ3) is 4.97. The lowest BCUT2D eigenvalue weighted by molar-refractivity contribution is 0.590. The molecule has 4 aromatic rings. The van der Waals surface area contributed by atoms with E-state index in [0.29, 0.717) is 28.6 Å². The zero-order chi connectivity index (χ0) is 25.3. The van der Waals surface area contributed by atoms with E-state index in [0.717, 1.165) is 28.1 Å². The van der Waals surface area contributed by atoms with Crippen LogP contribution in [0.25, 0.3) is 11.0 Å². The minimum atomic E-state index is -0.229. The molecular weight excluding hydrogens is 432 g/mol. The highest BCUT2D eigenvalue weighted by molar-refractivity contribution is 5.78. The molecule has 0 saturated carbocycles. The second kappa shape index (κ2) is 9.99. The molecule has 35 heavy (non-hydrogen) atoms. The van der Waals surface area contributed by atoms with Gasteiger partial charge in [0.15, 0.2) is 5.43 Å². The van der Waals surface area contributed by atoms with E-state index in [4.69, 9.17) is 4.42 Å². The van der Waals surface area contributed by atoms with Crippen molar-refractivity contribution in [2.75, 3.05) is 23.9 Å². The van der Waals surface area contributed by atoms with Crippen LogP contribution in [-0.2, 0) is 0 Å². The molecule has 4 nitrogen and oxygen atoms in total. The summed E-state index contributed by atoms with van der Waals surface area (Å²) in [5.41, 5.74) is 6.76. The van der Waals surface area contributed by atoms with Crippen molar-refractivity contribution in [2.45, 2.75) is 52.6 Å². The largest absolute Gasteiger partial charge is 0.464 e. The lowest BCUT2D eigenvalue weighted by Gasteiger charge is -2.26. The van der Waals surface area contributed by atoms with Crippen LogP contribution in [0.1, 0.15) is 55.9 Å². The Morgan fingerprint density at radius 3 is 1.66 bits per heavy atom. The molecule has 0 amide bonds. The van der Waals surface area contributed by atoms with Gasteiger partial charge in [0, 0.05) is 49.0 Å². The van der Waals surface area contributed by atoms with E-state index >= 15 is 0 Å². The van der Waals surface area contributed by atoms with Crippen molar-refractivity contribution in [3.63, 3.8) is 0 Å². The predicted octanol–water partition coefficient (Wildman–Crippen LogP) is 6.97. The Morgan fingerprint density at radius 2 is 1.20 bits per heavy atom. The third-order valence-corrected chi connectivity index (χ3v) is 7.08. The van der Waals surface area contributed by atoms with Gasteiger partial charge in [0.25, 0.3) is 0 Å². The molecule has 4 heteroatoms. The van der Waals surface area contributed by atoms with Gasteiger partial charge in [-0.1, -0.05) is 35.9 Å². The molecule has 0 atom stereocenters. The average Bonchev–Trinajstić information content (AvgIpc) is 2.85. The molecule has 0 radical (unpaired) electrons. The number of rotatable bonds is 7. The highest BCUT2D eigenvalue weighted by atomic mass is 16.3. The molecule has 0 aliphatic rings. The summed E-state index contributed by atoms with van der Waals surface area (Å²) in [6.07, 6.45) is 1.65.